The number of ether oxygens (including phenoxy) is 2. The van der Waals surface area contributed by atoms with Crippen molar-refractivity contribution in [3.05, 3.63) is 81.5 Å². The van der Waals surface area contributed by atoms with E-state index < -0.39 is 41.9 Å². The summed E-state index contributed by atoms with van der Waals surface area (Å²) in [5, 5.41) is 6.41. The zero-order valence-electron chi connectivity index (χ0n) is 19.3. The lowest BCUT2D eigenvalue weighted by Crippen LogP contribution is -2.34. The highest BCUT2D eigenvalue weighted by atomic mass is 35.5. The summed E-state index contributed by atoms with van der Waals surface area (Å²) in [6.07, 6.45) is 0.742. The van der Waals surface area contributed by atoms with E-state index in [1.54, 1.807) is 58.2 Å². The molecule has 0 spiro atoms. The molecule has 2 aliphatic heterocycles. The van der Waals surface area contributed by atoms with E-state index in [9.17, 15) is 14.4 Å². The fraction of sp³-hybridized carbons (Fsp3) is 0.308. The topological polar surface area (TPSA) is 85.3 Å². The van der Waals surface area contributed by atoms with Crippen molar-refractivity contribution in [2.45, 2.75) is 45.9 Å². The molecule has 0 aliphatic carbocycles. The van der Waals surface area contributed by atoms with Gasteiger partial charge in [-0.3, -0.25) is 14.6 Å². The lowest BCUT2D eigenvalue weighted by Gasteiger charge is -2.31. The number of rotatable bonds is 6. The number of hydrogen-bond donors (Lipinski definition) is 0. The molecule has 0 saturated heterocycles. The van der Waals surface area contributed by atoms with Gasteiger partial charge < -0.3 is 9.47 Å². The van der Waals surface area contributed by atoms with Crippen LogP contribution < -0.4 is 0 Å². The van der Waals surface area contributed by atoms with E-state index in [0.717, 1.165) is 11.1 Å². The number of ketones is 1. The second-order valence-electron chi connectivity index (χ2n) is 8.68. The number of allylic oxidation sites excluding steroid dienone is 1. The number of carbonyl (C=O) groups excluding carboxylic acids is 3. The first-order chi connectivity index (χ1) is 16.2. The molecule has 2 aliphatic rings. The van der Waals surface area contributed by atoms with Crippen LogP contribution in [0.1, 0.15) is 55.2 Å². The van der Waals surface area contributed by atoms with Crippen LogP contribution in [0.4, 0.5) is 0 Å². The lowest BCUT2D eigenvalue weighted by molar-refractivity contribution is -0.155. The molecule has 0 bridgehead atoms. The van der Waals surface area contributed by atoms with E-state index in [1.807, 2.05) is 24.3 Å². The standard InChI is InChI=1S/C26H25ClN2O5/c1-14(2)33-25(31)20-21(26(32)34-15(3)4)23(24(30)16-9-11-18(27)12-10-16)29-22(20)19-8-6-5-7-17(19)13-28-29/h5-15,20,22H,1-4H3/t20-,22-/m1/s1. The Morgan fingerprint density at radius 1 is 0.941 bits per heavy atom. The largest absolute Gasteiger partial charge is 0.462 e. The molecule has 2 atom stereocenters. The van der Waals surface area contributed by atoms with Gasteiger partial charge >= 0.3 is 11.9 Å². The summed E-state index contributed by atoms with van der Waals surface area (Å²) in [5.74, 6) is -2.93. The number of Topliss-reactive ketones (excluding diaryl/α,β-unsaturated/α-hetero) is 1. The summed E-state index contributed by atoms with van der Waals surface area (Å²) in [6, 6.07) is 13.0. The monoisotopic (exact) mass is 480 g/mol. The van der Waals surface area contributed by atoms with Gasteiger partial charge in [0.05, 0.1) is 30.0 Å². The highest BCUT2D eigenvalue weighted by Gasteiger charge is 2.53. The maximum absolute atomic E-state index is 13.7. The first-order valence-corrected chi connectivity index (χ1v) is 11.4. The van der Waals surface area contributed by atoms with Crippen molar-refractivity contribution >= 4 is 35.5 Å². The minimum Gasteiger partial charge on any atom is -0.462 e. The highest BCUT2D eigenvalue weighted by molar-refractivity contribution is 6.30. The Balaban J connectivity index is 1.93. The second-order valence-corrected chi connectivity index (χ2v) is 9.12. The Morgan fingerprint density at radius 2 is 1.59 bits per heavy atom. The summed E-state index contributed by atoms with van der Waals surface area (Å²) in [6.45, 7) is 6.87. The summed E-state index contributed by atoms with van der Waals surface area (Å²) in [7, 11) is 0. The van der Waals surface area contributed by atoms with Gasteiger partial charge in [0.1, 0.15) is 11.6 Å². The van der Waals surface area contributed by atoms with E-state index in [-0.39, 0.29) is 11.3 Å². The van der Waals surface area contributed by atoms with Gasteiger partial charge in [0, 0.05) is 10.6 Å². The predicted octanol–water partition coefficient (Wildman–Crippen LogP) is 4.70. The smallest absolute Gasteiger partial charge is 0.337 e. The molecule has 8 heteroatoms. The molecule has 0 aromatic heterocycles. The zero-order chi connectivity index (χ0) is 24.6. The third-order valence-corrected chi connectivity index (χ3v) is 5.75. The Bertz CT molecular complexity index is 1200. The molecule has 0 N–H and O–H groups in total. The quantitative estimate of drug-likeness (QED) is 0.440. The third kappa shape index (κ3) is 4.35. The van der Waals surface area contributed by atoms with E-state index in [2.05, 4.69) is 5.10 Å². The van der Waals surface area contributed by atoms with Crippen LogP contribution in [0, 0.1) is 5.92 Å². The van der Waals surface area contributed by atoms with Crippen LogP contribution in [0.25, 0.3) is 0 Å². The van der Waals surface area contributed by atoms with Gasteiger partial charge in [0.2, 0.25) is 5.78 Å². The highest BCUT2D eigenvalue weighted by Crippen LogP contribution is 2.48. The molecule has 2 aromatic rings. The number of benzene rings is 2. The van der Waals surface area contributed by atoms with Crippen molar-refractivity contribution in [3.8, 4) is 0 Å². The van der Waals surface area contributed by atoms with Gasteiger partial charge in [-0.15, -0.1) is 0 Å². The van der Waals surface area contributed by atoms with Gasteiger partial charge in [0.25, 0.3) is 0 Å². The fourth-order valence-electron chi connectivity index (χ4n) is 4.19. The molecule has 0 fully saturated rings. The molecule has 4 rings (SSSR count). The van der Waals surface area contributed by atoms with Crippen molar-refractivity contribution in [2.75, 3.05) is 0 Å². The van der Waals surface area contributed by atoms with Crippen molar-refractivity contribution in [1.29, 1.82) is 0 Å². The van der Waals surface area contributed by atoms with E-state index in [1.165, 1.54) is 5.01 Å². The van der Waals surface area contributed by atoms with Crippen molar-refractivity contribution in [2.24, 2.45) is 11.0 Å². The van der Waals surface area contributed by atoms with E-state index in [4.69, 9.17) is 21.1 Å². The summed E-state index contributed by atoms with van der Waals surface area (Å²) in [5.41, 5.74) is 1.80. The number of nitrogens with zero attached hydrogens (tertiary/aromatic N) is 2. The summed E-state index contributed by atoms with van der Waals surface area (Å²) < 4.78 is 11.0. The van der Waals surface area contributed by atoms with Gasteiger partial charge in [-0.1, -0.05) is 35.9 Å². The van der Waals surface area contributed by atoms with Crippen molar-refractivity contribution in [3.63, 3.8) is 0 Å². The first-order valence-electron chi connectivity index (χ1n) is 11.1. The van der Waals surface area contributed by atoms with Gasteiger partial charge in [-0.2, -0.15) is 5.10 Å². The van der Waals surface area contributed by atoms with Gasteiger partial charge in [0.15, 0.2) is 0 Å². The van der Waals surface area contributed by atoms with Crippen LogP contribution >= 0.6 is 11.6 Å². The van der Waals surface area contributed by atoms with Crippen LogP contribution in [-0.2, 0) is 19.1 Å². The minimum atomic E-state index is -1.10. The van der Waals surface area contributed by atoms with Crippen molar-refractivity contribution in [1.82, 2.24) is 5.01 Å². The Kier molecular flexibility index (Phi) is 6.57. The molecule has 2 heterocycles. The predicted molar refractivity (Wildman–Crippen MR) is 127 cm³/mol. The first kappa shape index (κ1) is 23.7. The van der Waals surface area contributed by atoms with Crippen LogP contribution in [0.15, 0.2) is 64.9 Å². The number of fused-ring (bicyclic) bond motifs is 3. The second kappa shape index (κ2) is 9.43. The average Bonchev–Trinajstić information content (AvgIpc) is 3.14. The molecule has 0 amide bonds. The van der Waals surface area contributed by atoms with Crippen molar-refractivity contribution < 1.29 is 23.9 Å². The van der Waals surface area contributed by atoms with Crippen LogP contribution in [-0.4, -0.2) is 41.2 Å². The lowest BCUT2D eigenvalue weighted by atomic mass is 9.86. The molecule has 176 valence electrons. The Labute approximate surface area is 203 Å². The molecule has 0 saturated carbocycles. The normalized spacial score (nSPS) is 18.7. The fourth-order valence-corrected chi connectivity index (χ4v) is 4.32. The van der Waals surface area contributed by atoms with E-state index >= 15 is 0 Å². The molecule has 0 radical (unpaired) electrons. The zero-order valence-corrected chi connectivity index (χ0v) is 20.1. The number of hydrazone groups is 1. The number of esters is 2. The molecule has 7 nitrogen and oxygen atoms in total. The number of halogens is 1. The maximum atomic E-state index is 13.7. The molecular formula is C26H25ClN2O5. The molecule has 2 aromatic carbocycles. The third-order valence-electron chi connectivity index (χ3n) is 5.50. The van der Waals surface area contributed by atoms with Gasteiger partial charge in [-0.05, 0) is 63.1 Å². The van der Waals surface area contributed by atoms with Crippen LogP contribution in [0.5, 0.6) is 0 Å². The van der Waals surface area contributed by atoms with Crippen LogP contribution in [0.2, 0.25) is 5.02 Å². The van der Waals surface area contributed by atoms with Gasteiger partial charge in [-0.25, -0.2) is 4.79 Å². The van der Waals surface area contributed by atoms with E-state index in [0.29, 0.717) is 10.6 Å². The number of hydrogen-bond acceptors (Lipinski definition) is 7. The Morgan fingerprint density at radius 3 is 2.24 bits per heavy atom. The molecular weight excluding hydrogens is 456 g/mol. The summed E-state index contributed by atoms with van der Waals surface area (Å²) >= 11 is 6.00. The Hall–Kier alpha value is -3.45. The molecule has 34 heavy (non-hydrogen) atoms. The van der Waals surface area contributed by atoms with Crippen LogP contribution in [0.3, 0.4) is 0 Å². The minimum absolute atomic E-state index is 0.00516. The summed E-state index contributed by atoms with van der Waals surface area (Å²) in [4.78, 5) is 40.5. The average molecular weight is 481 g/mol. The molecule has 0 unspecified atom stereocenters. The maximum Gasteiger partial charge on any atom is 0.337 e. The SMILES string of the molecule is CC(C)OC(=O)C1=C(C(=O)c2ccc(Cl)cc2)N2N=Cc3ccccc3[C@@H]2[C@@H]1C(=O)OC(C)C. The number of carbonyl (C=O) groups is 3.